The Bertz CT molecular complexity index is 642. The molecule has 0 bridgehead atoms. The lowest BCUT2D eigenvalue weighted by atomic mass is 10.1. The fourth-order valence-electron chi connectivity index (χ4n) is 2.77. The van der Waals surface area contributed by atoms with E-state index in [1.807, 2.05) is 24.4 Å². The first kappa shape index (κ1) is 15.4. The van der Waals surface area contributed by atoms with Crippen molar-refractivity contribution in [3.05, 3.63) is 43.3 Å². The molecule has 1 fully saturated rings. The van der Waals surface area contributed by atoms with Crippen LogP contribution in [0.3, 0.4) is 0 Å². The van der Waals surface area contributed by atoms with Gasteiger partial charge in [0.1, 0.15) is 0 Å². The van der Waals surface area contributed by atoms with Gasteiger partial charge in [-0.1, -0.05) is 24.8 Å². The largest absolute Gasteiger partial charge is 0.367 e. The molecular weight excluding hydrogens is 290 g/mol. The number of allylic oxidation sites excluding steroid dienone is 2. The second-order valence-corrected chi connectivity index (χ2v) is 5.41. The van der Waals surface area contributed by atoms with Crippen molar-refractivity contribution in [2.75, 3.05) is 37.6 Å². The van der Waals surface area contributed by atoms with Crippen molar-refractivity contribution in [2.45, 2.75) is 6.42 Å². The lowest BCUT2D eigenvalue weighted by Crippen LogP contribution is -2.46. The minimum absolute atomic E-state index is 0.611. The van der Waals surface area contributed by atoms with Crippen LogP contribution < -0.4 is 4.90 Å². The van der Waals surface area contributed by atoms with Gasteiger partial charge in [-0.05, 0) is 17.7 Å². The van der Waals surface area contributed by atoms with Gasteiger partial charge in [-0.2, -0.15) is 5.21 Å². The third kappa shape index (κ3) is 3.81. The van der Waals surface area contributed by atoms with E-state index >= 15 is 0 Å². The Morgan fingerprint density at radius 1 is 1.26 bits per heavy atom. The Balaban J connectivity index is 1.62. The van der Waals surface area contributed by atoms with Crippen molar-refractivity contribution in [3.63, 3.8) is 0 Å². The molecule has 0 aromatic carbocycles. The van der Waals surface area contributed by atoms with Crippen molar-refractivity contribution in [2.24, 2.45) is 0 Å². The van der Waals surface area contributed by atoms with Gasteiger partial charge < -0.3 is 4.90 Å². The van der Waals surface area contributed by atoms with Gasteiger partial charge in [-0.25, -0.2) is 0 Å². The Kier molecular flexibility index (Phi) is 5.10. The molecule has 1 aliphatic rings. The van der Waals surface area contributed by atoms with Crippen molar-refractivity contribution in [1.82, 2.24) is 30.5 Å². The maximum atomic E-state index is 4.26. The van der Waals surface area contributed by atoms with Crippen LogP contribution in [0.1, 0.15) is 6.42 Å². The van der Waals surface area contributed by atoms with Crippen molar-refractivity contribution >= 4 is 5.69 Å². The summed E-state index contributed by atoms with van der Waals surface area (Å²) in [5.74, 6) is 0.611. The van der Waals surface area contributed by atoms with Crippen LogP contribution in [0.2, 0.25) is 0 Å². The fourth-order valence-corrected chi connectivity index (χ4v) is 2.77. The number of aromatic nitrogens is 5. The van der Waals surface area contributed by atoms with E-state index in [9.17, 15) is 0 Å². The number of hydrogen-bond acceptors (Lipinski definition) is 6. The molecule has 3 heterocycles. The van der Waals surface area contributed by atoms with Crippen LogP contribution in [0.15, 0.2) is 43.3 Å². The Morgan fingerprint density at radius 3 is 2.87 bits per heavy atom. The van der Waals surface area contributed by atoms with E-state index in [0.29, 0.717) is 5.82 Å². The summed E-state index contributed by atoms with van der Waals surface area (Å²) in [6.45, 7) is 8.81. The molecule has 0 unspecified atom stereocenters. The second-order valence-electron chi connectivity index (χ2n) is 5.41. The highest BCUT2D eigenvalue weighted by Gasteiger charge is 2.20. The smallest absolute Gasteiger partial charge is 0.206 e. The Morgan fingerprint density at radius 2 is 2.13 bits per heavy atom. The van der Waals surface area contributed by atoms with Crippen LogP contribution >= 0.6 is 0 Å². The third-order valence-electron chi connectivity index (χ3n) is 3.98. The highest BCUT2D eigenvalue weighted by atomic mass is 15.5. The molecule has 0 atom stereocenters. The first-order valence-electron chi connectivity index (χ1n) is 7.81. The summed E-state index contributed by atoms with van der Waals surface area (Å²) in [6, 6.07) is 1.94. The Hall–Kier alpha value is -2.54. The van der Waals surface area contributed by atoms with Crippen molar-refractivity contribution < 1.29 is 0 Å². The molecule has 1 N–H and O–H groups in total. The van der Waals surface area contributed by atoms with E-state index in [4.69, 9.17) is 0 Å². The van der Waals surface area contributed by atoms with Gasteiger partial charge in [0.2, 0.25) is 5.82 Å². The molecule has 120 valence electrons. The molecule has 0 spiro atoms. The topological polar surface area (TPSA) is 73.8 Å². The summed E-state index contributed by atoms with van der Waals surface area (Å²) in [7, 11) is 0. The van der Waals surface area contributed by atoms with Gasteiger partial charge in [-0.15, -0.1) is 10.2 Å². The van der Waals surface area contributed by atoms with E-state index in [0.717, 1.165) is 50.4 Å². The molecule has 23 heavy (non-hydrogen) atoms. The number of tetrazole rings is 1. The molecule has 0 amide bonds. The van der Waals surface area contributed by atoms with Gasteiger partial charge in [0, 0.05) is 44.5 Å². The van der Waals surface area contributed by atoms with Crippen LogP contribution in [0.4, 0.5) is 5.69 Å². The molecule has 0 radical (unpaired) electrons. The predicted molar refractivity (Wildman–Crippen MR) is 90.0 cm³/mol. The molecule has 7 heteroatoms. The van der Waals surface area contributed by atoms with Gasteiger partial charge in [-0.3, -0.25) is 9.88 Å². The molecular formula is C16H21N7. The predicted octanol–water partition coefficient (Wildman–Crippen LogP) is 1.52. The number of pyridine rings is 1. The minimum atomic E-state index is 0.611. The maximum Gasteiger partial charge on any atom is 0.206 e. The van der Waals surface area contributed by atoms with Gasteiger partial charge in [0.25, 0.3) is 0 Å². The van der Waals surface area contributed by atoms with Crippen LogP contribution in [0, 0.1) is 0 Å². The minimum Gasteiger partial charge on any atom is -0.367 e. The summed E-state index contributed by atoms with van der Waals surface area (Å²) in [5.41, 5.74) is 2.04. The van der Waals surface area contributed by atoms with Crippen molar-refractivity contribution in [3.8, 4) is 11.4 Å². The fraction of sp³-hybridized carbons (Fsp3) is 0.375. The zero-order chi connectivity index (χ0) is 15.9. The number of rotatable bonds is 6. The number of nitrogens with zero attached hydrogens (tertiary/aromatic N) is 6. The van der Waals surface area contributed by atoms with Crippen LogP contribution in [0.5, 0.6) is 0 Å². The zero-order valence-corrected chi connectivity index (χ0v) is 13.1. The highest BCUT2D eigenvalue weighted by molar-refractivity contribution is 5.73. The first-order chi connectivity index (χ1) is 11.4. The van der Waals surface area contributed by atoms with E-state index in [1.165, 1.54) is 0 Å². The maximum absolute atomic E-state index is 4.26. The van der Waals surface area contributed by atoms with E-state index in [2.05, 4.69) is 48.1 Å². The highest BCUT2D eigenvalue weighted by Crippen LogP contribution is 2.27. The summed E-state index contributed by atoms with van der Waals surface area (Å²) in [5, 5.41) is 14.3. The molecule has 0 saturated carbocycles. The van der Waals surface area contributed by atoms with Crippen molar-refractivity contribution in [1.29, 1.82) is 0 Å². The number of anilines is 1. The van der Waals surface area contributed by atoms with Crippen LogP contribution in [-0.4, -0.2) is 63.2 Å². The molecule has 0 aliphatic carbocycles. The van der Waals surface area contributed by atoms with Gasteiger partial charge >= 0.3 is 0 Å². The monoisotopic (exact) mass is 311 g/mol. The zero-order valence-electron chi connectivity index (χ0n) is 13.1. The summed E-state index contributed by atoms with van der Waals surface area (Å²) >= 11 is 0. The normalized spacial score (nSPS) is 16.1. The van der Waals surface area contributed by atoms with Gasteiger partial charge in [0.15, 0.2) is 0 Å². The quantitative estimate of drug-likeness (QED) is 0.815. The SMILES string of the molecule is C=C/C=C/CCN1CCN(c2cnccc2-c2nn[nH]n2)CC1. The molecule has 2 aromatic rings. The molecule has 3 rings (SSSR count). The van der Waals surface area contributed by atoms with Crippen LogP contribution in [-0.2, 0) is 0 Å². The summed E-state index contributed by atoms with van der Waals surface area (Å²) in [6.07, 6.45) is 10.7. The van der Waals surface area contributed by atoms with E-state index < -0.39 is 0 Å². The number of H-pyrrole nitrogens is 1. The molecule has 1 saturated heterocycles. The summed E-state index contributed by atoms with van der Waals surface area (Å²) in [4.78, 5) is 9.08. The molecule has 1 aliphatic heterocycles. The average Bonchev–Trinajstić information content (AvgIpc) is 3.14. The lowest BCUT2D eigenvalue weighted by molar-refractivity contribution is 0.262. The van der Waals surface area contributed by atoms with Crippen LogP contribution in [0.25, 0.3) is 11.4 Å². The Labute approximate surface area is 135 Å². The molecule has 7 nitrogen and oxygen atoms in total. The molecule has 2 aromatic heterocycles. The second kappa shape index (κ2) is 7.64. The third-order valence-corrected chi connectivity index (χ3v) is 3.98. The van der Waals surface area contributed by atoms with Gasteiger partial charge in [0.05, 0.1) is 11.9 Å². The standard InChI is InChI=1S/C16H21N7/c1-2-3-4-5-8-22-9-11-23(12-10-22)15-13-17-7-6-14(15)16-18-20-21-19-16/h2-4,6-7,13H,1,5,8-12H2,(H,18,19,20,21)/b4-3+. The number of aromatic amines is 1. The first-order valence-corrected chi connectivity index (χ1v) is 7.81. The average molecular weight is 311 g/mol. The lowest BCUT2D eigenvalue weighted by Gasteiger charge is -2.36. The number of piperazine rings is 1. The van der Waals surface area contributed by atoms with E-state index in [-0.39, 0.29) is 0 Å². The number of nitrogens with one attached hydrogen (secondary N) is 1. The summed E-state index contributed by atoms with van der Waals surface area (Å²) < 4.78 is 0. The van der Waals surface area contributed by atoms with E-state index in [1.54, 1.807) is 6.20 Å². The number of hydrogen-bond donors (Lipinski definition) is 1.